The standard InChI is InChI=1S/C23H22N2O5/c1-2-25(15-17-5-3-6-19-21(17)30-14-13-29-19)23(27)16-8-10-18(11-9-16)24-22(26)20-7-4-12-28-20/h3-12H,2,13-15H2,1H3,(H,24,26). The van der Waals surface area contributed by atoms with Crippen LogP contribution in [-0.4, -0.2) is 36.5 Å². The van der Waals surface area contributed by atoms with Crippen LogP contribution in [0.1, 0.15) is 33.4 Å². The van der Waals surface area contributed by atoms with Gasteiger partial charge >= 0.3 is 0 Å². The molecule has 0 radical (unpaired) electrons. The highest BCUT2D eigenvalue weighted by atomic mass is 16.6. The Hall–Kier alpha value is -3.74. The van der Waals surface area contributed by atoms with E-state index in [1.807, 2.05) is 25.1 Å². The number of carbonyl (C=O) groups excluding carboxylic acids is 2. The van der Waals surface area contributed by atoms with E-state index in [-0.39, 0.29) is 17.6 Å². The summed E-state index contributed by atoms with van der Waals surface area (Å²) < 4.78 is 16.5. The quantitative estimate of drug-likeness (QED) is 0.670. The fourth-order valence-electron chi connectivity index (χ4n) is 3.27. The van der Waals surface area contributed by atoms with Crippen molar-refractivity contribution in [2.24, 2.45) is 0 Å². The highest BCUT2D eigenvalue weighted by Gasteiger charge is 2.20. The molecule has 154 valence electrons. The molecule has 0 aliphatic carbocycles. The molecule has 0 saturated carbocycles. The van der Waals surface area contributed by atoms with E-state index in [1.54, 1.807) is 41.3 Å². The smallest absolute Gasteiger partial charge is 0.291 e. The van der Waals surface area contributed by atoms with Crippen molar-refractivity contribution in [3.05, 3.63) is 77.7 Å². The van der Waals surface area contributed by atoms with Gasteiger partial charge in [0.1, 0.15) is 13.2 Å². The summed E-state index contributed by atoms with van der Waals surface area (Å²) in [5.74, 6) is 1.19. The first-order chi connectivity index (χ1) is 14.7. The first kappa shape index (κ1) is 19.6. The number of para-hydroxylation sites is 1. The van der Waals surface area contributed by atoms with E-state index >= 15 is 0 Å². The molecule has 2 heterocycles. The average Bonchev–Trinajstić information content (AvgIpc) is 3.33. The number of ether oxygens (including phenoxy) is 2. The molecule has 0 bridgehead atoms. The van der Waals surface area contributed by atoms with Crippen molar-refractivity contribution in [2.75, 3.05) is 25.1 Å². The van der Waals surface area contributed by atoms with Gasteiger partial charge in [-0.2, -0.15) is 0 Å². The van der Waals surface area contributed by atoms with Gasteiger partial charge in [0.2, 0.25) is 0 Å². The van der Waals surface area contributed by atoms with Crippen molar-refractivity contribution < 1.29 is 23.5 Å². The largest absolute Gasteiger partial charge is 0.486 e. The number of anilines is 1. The molecule has 0 fully saturated rings. The van der Waals surface area contributed by atoms with Crippen LogP contribution < -0.4 is 14.8 Å². The van der Waals surface area contributed by atoms with E-state index in [4.69, 9.17) is 13.9 Å². The van der Waals surface area contributed by atoms with Crippen LogP contribution in [0.25, 0.3) is 0 Å². The van der Waals surface area contributed by atoms with Gasteiger partial charge in [0, 0.05) is 29.9 Å². The molecule has 7 heteroatoms. The minimum Gasteiger partial charge on any atom is -0.486 e. The predicted molar refractivity (Wildman–Crippen MR) is 111 cm³/mol. The number of furan rings is 1. The number of amides is 2. The molecule has 0 spiro atoms. The lowest BCUT2D eigenvalue weighted by atomic mass is 10.1. The molecule has 0 unspecified atom stereocenters. The summed E-state index contributed by atoms with van der Waals surface area (Å²) in [5, 5.41) is 2.74. The summed E-state index contributed by atoms with van der Waals surface area (Å²) in [6.07, 6.45) is 1.44. The molecule has 0 saturated heterocycles. The predicted octanol–water partition coefficient (Wildman–Crippen LogP) is 3.97. The van der Waals surface area contributed by atoms with E-state index in [2.05, 4.69) is 5.32 Å². The van der Waals surface area contributed by atoms with Crippen LogP contribution in [0, 0.1) is 0 Å². The molecule has 1 aromatic heterocycles. The Balaban J connectivity index is 1.45. The molecule has 1 aliphatic heterocycles. The number of nitrogens with zero attached hydrogens (tertiary/aromatic N) is 1. The lowest BCUT2D eigenvalue weighted by Gasteiger charge is -2.25. The molecule has 1 aliphatic rings. The zero-order valence-corrected chi connectivity index (χ0v) is 16.6. The van der Waals surface area contributed by atoms with Crippen LogP contribution >= 0.6 is 0 Å². The van der Waals surface area contributed by atoms with Crippen LogP contribution in [0.3, 0.4) is 0 Å². The summed E-state index contributed by atoms with van der Waals surface area (Å²) in [5.41, 5.74) is 2.03. The third kappa shape index (κ3) is 4.15. The number of carbonyl (C=O) groups is 2. The van der Waals surface area contributed by atoms with E-state index < -0.39 is 0 Å². The van der Waals surface area contributed by atoms with Gasteiger partial charge in [0.25, 0.3) is 11.8 Å². The number of nitrogens with one attached hydrogen (secondary N) is 1. The molecule has 7 nitrogen and oxygen atoms in total. The maximum atomic E-state index is 13.0. The Morgan fingerprint density at radius 1 is 1.00 bits per heavy atom. The lowest BCUT2D eigenvalue weighted by molar-refractivity contribution is 0.0749. The van der Waals surface area contributed by atoms with Gasteiger partial charge < -0.3 is 24.1 Å². The third-order valence-electron chi connectivity index (χ3n) is 4.81. The summed E-state index contributed by atoms with van der Waals surface area (Å²) in [6, 6.07) is 15.7. The summed E-state index contributed by atoms with van der Waals surface area (Å²) in [7, 11) is 0. The molecule has 0 atom stereocenters. The van der Waals surface area contributed by atoms with Gasteiger partial charge in [0.05, 0.1) is 6.26 Å². The van der Waals surface area contributed by atoms with Crippen molar-refractivity contribution in [2.45, 2.75) is 13.5 Å². The molecule has 3 aromatic rings. The van der Waals surface area contributed by atoms with Crippen LogP contribution in [0.5, 0.6) is 11.5 Å². The second-order valence-corrected chi connectivity index (χ2v) is 6.77. The fraction of sp³-hybridized carbons (Fsp3) is 0.217. The summed E-state index contributed by atoms with van der Waals surface area (Å²) in [4.78, 5) is 26.8. The van der Waals surface area contributed by atoms with Gasteiger partial charge in [0.15, 0.2) is 17.3 Å². The van der Waals surface area contributed by atoms with Crippen molar-refractivity contribution in [3.63, 3.8) is 0 Å². The van der Waals surface area contributed by atoms with Gasteiger partial charge in [-0.25, -0.2) is 0 Å². The Morgan fingerprint density at radius 3 is 2.53 bits per heavy atom. The van der Waals surface area contributed by atoms with Crippen molar-refractivity contribution in [1.29, 1.82) is 0 Å². The first-order valence-electron chi connectivity index (χ1n) is 9.77. The molecule has 30 heavy (non-hydrogen) atoms. The second kappa shape index (κ2) is 8.73. The zero-order valence-electron chi connectivity index (χ0n) is 16.6. The summed E-state index contributed by atoms with van der Waals surface area (Å²) >= 11 is 0. The second-order valence-electron chi connectivity index (χ2n) is 6.77. The average molecular weight is 406 g/mol. The number of fused-ring (bicyclic) bond motifs is 1. The minimum absolute atomic E-state index is 0.101. The monoisotopic (exact) mass is 406 g/mol. The van der Waals surface area contributed by atoms with Gasteiger partial charge in [-0.1, -0.05) is 12.1 Å². The molecular weight excluding hydrogens is 384 g/mol. The van der Waals surface area contributed by atoms with Crippen molar-refractivity contribution >= 4 is 17.5 Å². The first-order valence-corrected chi connectivity index (χ1v) is 9.77. The van der Waals surface area contributed by atoms with Gasteiger partial charge in [-0.3, -0.25) is 9.59 Å². The highest BCUT2D eigenvalue weighted by Crippen LogP contribution is 2.34. The maximum Gasteiger partial charge on any atom is 0.291 e. The number of hydrogen-bond acceptors (Lipinski definition) is 5. The normalized spacial score (nSPS) is 12.3. The minimum atomic E-state index is -0.342. The SMILES string of the molecule is CCN(Cc1cccc2c1OCCO2)C(=O)c1ccc(NC(=O)c2ccco2)cc1. The Kier molecular flexibility index (Phi) is 5.70. The molecule has 4 rings (SSSR count). The molecule has 2 amide bonds. The Bertz CT molecular complexity index is 1030. The fourth-order valence-corrected chi connectivity index (χ4v) is 3.27. The number of benzene rings is 2. The number of hydrogen-bond donors (Lipinski definition) is 1. The molecular formula is C23H22N2O5. The van der Waals surface area contributed by atoms with Crippen LogP contribution in [0.2, 0.25) is 0 Å². The van der Waals surface area contributed by atoms with Crippen molar-refractivity contribution in [1.82, 2.24) is 4.90 Å². The van der Waals surface area contributed by atoms with Crippen molar-refractivity contribution in [3.8, 4) is 11.5 Å². The van der Waals surface area contributed by atoms with E-state index in [0.29, 0.717) is 49.1 Å². The zero-order chi connectivity index (χ0) is 20.9. The molecule has 1 N–H and O–H groups in total. The third-order valence-corrected chi connectivity index (χ3v) is 4.81. The van der Waals surface area contributed by atoms with E-state index in [0.717, 1.165) is 5.56 Å². The van der Waals surface area contributed by atoms with E-state index in [1.165, 1.54) is 6.26 Å². The summed E-state index contributed by atoms with van der Waals surface area (Å²) in [6.45, 7) is 3.91. The highest BCUT2D eigenvalue weighted by molar-refractivity contribution is 6.02. The topological polar surface area (TPSA) is 81.0 Å². The molecule has 2 aromatic carbocycles. The van der Waals surface area contributed by atoms with Gasteiger partial charge in [-0.15, -0.1) is 0 Å². The lowest BCUT2D eigenvalue weighted by Crippen LogP contribution is -2.31. The maximum absolute atomic E-state index is 13.0. The Morgan fingerprint density at radius 2 is 1.80 bits per heavy atom. The van der Waals surface area contributed by atoms with Gasteiger partial charge in [-0.05, 0) is 49.4 Å². The van der Waals surface area contributed by atoms with Crippen LogP contribution in [0.4, 0.5) is 5.69 Å². The number of rotatable bonds is 6. The van der Waals surface area contributed by atoms with E-state index in [9.17, 15) is 9.59 Å². The van der Waals surface area contributed by atoms with Crippen LogP contribution in [-0.2, 0) is 6.54 Å². The van der Waals surface area contributed by atoms with Crippen LogP contribution in [0.15, 0.2) is 65.3 Å². The Labute approximate surface area is 174 Å².